The lowest BCUT2D eigenvalue weighted by molar-refractivity contribution is -0.136. The van der Waals surface area contributed by atoms with Gasteiger partial charge in [-0.3, -0.25) is 19.7 Å². The molecule has 52 heavy (non-hydrogen) atoms. The molecular formula is C42H44N2O8. The molecule has 2 N–H and O–H groups in total. The number of imide groups is 1. The molecule has 1 unspecified atom stereocenters. The number of hydrogen-bond donors (Lipinski definition) is 2. The molecule has 2 aliphatic heterocycles. The van der Waals surface area contributed by atoms with E-state index >= 15 is 0 Å². The number of phenols is 1. The average molecular weight is 705 g/mol. The second kappa shape index (κ2) is 17.7. The number of piperidine rings is 1. The number of amides is 3. The number of aromatic hydroxyl groups is 1. The van der Waals surface area contributed by atoms with E-state index in [9.17, 15) is 19.5 Å². The Morgan fingerprint density at radius 3 is 2.12 bits per heavy atom. The molecule has 0 radical (unpaired) electrons. The van der Waals surface area contributed by atoms with Gasteiger partial charge in [0.2, 0.25) is 11.8 Å². The fraction of sp³-hybridized carbons (Fsp3) is 0.310. The van der Waals surface area contributed by atoms with E-state index in [2.05, 4.69) is 36.5 Å². The lowest BCUT2D eigenvalue weighted by Gasteiger charge is -2.29. The molecule has 1 saturated heterocycles. The third-order valence-electron chi connectivity index (χ3n) is 9.14. The first-order valence-corrected chi connectivity index (χ1v) is 17.8. The summed E-state index contributed by atoms with van der Waals surface area (Å²) in [6.07, 6.45) is 2.10. The highest BCUT2D eigenvalue weighted by molar-refractivity contribution is 6.05. The van der Waals surface area contributed by atoms with Gasteiger partial charge in [0, 0.05) is 31.6 Å². The van der Waals surface area contributed by atoms with Crippen LogP contribution >= 0.6 is 0 Å². The van der Waals surface area contributed by atoms with Gasteiger partial charge in [0.15, 0.2) is 0 Å². The van der Waals surface area contributed by atoms with Crippen LogP contribution in [0.5, 0.6) is 17.2 Å². The predicted octanol–water partition coefficient (Wildman–Crippen LogP) is 6.40. The van der Waals surface area contributed by atoms with Gasteiger partial charge in [-0.2, -0.15) is 0 Å². The number of rotatable bonds is 17. The van der Waals surface area contributed by atoms with Crippen LogP contribution in [0.1, 0.15) is 65.2 Å². The van der Waals surface area contributed by atoms with E-state index in [0.29, 0.717) is 70.3 Å². The van der Waals surface area contributed by atoms with Crippen LogP contribution < -0.4 is 14.8 Å². The first-order chi connectivity index (χ1) is 25.4. The molecular weight excluding hydrogens is 660 g/mol. The quantitative estimate of drug-likeness (QED) is 0.0736. The summed E-state index contributed by atoms with van der Waals surface area (Å²) in [4.78, 5) is 38.2. The molecule has 0 saturated carbocycles. The number of carbonyl (C=O) groups is 3. The summed E-state index contributed by atoms with van der Waals surface area (Å²) < 4.78 is 23.2. The zero-order valence-electron chi connectivity index (χ0n) is 29.3. The third-order valence-corrected chi connectivity index (χ3v) is 9.14. The maximum absolute atomic E-state index is 12.9. The third kappa shape index (κ3) is 9.06. The zero-order chi connectivity index (χ0) is 36.3. The molecule has 4 aromatic rings. The summed E-state index contributed by atoms with van der Waals surface area (Å²) in [6, 6.07) is 30.5. The highest BCUT2D eigenvalue weighted by atomic mass is 16.5. The summed E-state index contributed by atoms with van der Waals surface area (Å²) in [5.74, 6) is 0.721. The van der Waals surface area contributed by atoms with Crippen LogP contribution in [0.2, 0.25) is 0 Å². The lowest BCUT2D eigenvalue weighted by atomic mass is 9.88. The van der Waals surface area contributed by atoms with E-state index in [1.54, 1.807) is 24.3 Å². The van der Waals surface area contributed by atoms with Crippen LogP contribution in [0.25, 0.3) is 11.1 Å². The molecule has 0 aromatic heterocycles. The largest absolute Gasteiger partial charge is 0.508 e. The smallest absolute Gasteiger partial charge is 0.255 e. The van der Waals surface area contributed by atoms with E-state index < -0.39 is 11.9 Å². The summed E-state index contributed by atoms with van der Waals surface area (Å²) >= 11 is 0. The number of carbonyl (C=O) groups excluding carboxylic acids is 3. The second-order valence-corrected chi connectivity index (χ2v) is 12.6. The highest BCUT2D eigenvalue weighted by Gasteiger charge is 2.39. The molecule has 2 aliphatic rings. The van der Waals surface area contributed by atoms with Gasteiger partial charge in [-0.1, -0.05) is 61.5 Å². The van der Waals surface area contributed by atoms with Crippen LogP contribution in [0, 0.1) is 0 Å². The average Bonchev–Trinajstić information content (AvgIpc) is 3.48. The van der Waals surface area contributed by atoms with E-state index in [-0.39, 0.29) is 24.0 Å². The monoisotopic (exact) mass is 704 g/mol. The van der Waals surface area contributed by atoms with E-state index in [0.717, 1.165) is 34.4 Å². The van der Waals surface area contributed by atoms with Gasteiger partial charge >= 0.3 is 0 Å². The van der Waals surface area contributed by atoms with E-state index in [1.165, 1.54) is 16.0 Å². The van der Waals surface area contributed by atoms with Crippen molar-refractivity contribution in [3.63, 3.8) is 0 Å². The van der Waals surface area contributed by atoms with Gasteiger partial charge in [0.25, 0.3) is 5.91 Å². The zero-order valence-corrected chi connectivity index (χ0v) is 29.3. The topological polar surface area (TPSA) is 124 Å². The Labute approximate surface area is 304 Å². The van der Waals surface area contributed by atoms with E-state index in [4.69, 9.17) is 18.9 Å². The second-order valence-electron chi connectivity index (χ2n) is 12.6. The normalized spacial score (nSPS) is 16.0. The minimum atomic E-state index is -0.636. The molecule has 0 spiro atoms. The van der Waals surface area contributed by atoms with Crippen molar-refractivity contribution in [2.24, 2.45) is 0 Å². The van der Waals surface area contributed by atoms with Gasteiger partial charge in [-0.25, -0.2) is 0 Å². The first-order valence-electron chi connectivity index (χ1n) is 17.8. The molecule has 2 heterocycles. The number of allylic oxidation sites excluding steroid dienone is 1. The van der Waals surface area contributed by atoms with Gasteiger partial charge in [-0.05, 0) is 88.7 Å². The lowest BCUT2D eigenvalue weighted by Crippen LogP contribution is -2.52. The molecule has 10 nitrogen and oxygen atoms in total. The minimum absolute atomic E-state index is 0.202. The summed E-state index contributed by atoms with van der Waals surface area (Å²) in [6.45, 7) is 5.19. The molecule has 270 valence electrons. The molecule has 1 fully saturated rings. The Hall–Kier alpha value is -5.45. The number of benzene rings is 4. The highest BCUT2D eigenvalue weighted by Crippen LogP contribution is 2.36. The van der Waals surface area contributed by atoms with Crippen molar-refractivity contribution < 1.29 is 38.4 Å². The number of nitrogens with zero attached hydrogens (tertiary/aromatic N) is 1. The molecule has 1 atom stereocenters. The Morgan fingerprint density at radius 1 is 0.750 bits per heavy atom. The standard InChI is InChI=1S/C42H44N2O8/c1-2-36(29-7-4-3-5-8-29)40(30-9-13-33(45)14-10-30)31-11-15-34(16-12-31)52-26-25-50-24-23-49-21-6-22-51-35-17-18-37-32(27-35)28-44(42(37)48)38-19-20-39(46)43-41(38)47/h3-5,7-18,27,38,45H,2,6,19-26,28H2,1H3,(H,43,46,47). The van der Waals surface area contributed by atoms with Crippen molar-refractivity contribution in [3.05, 3.63) is 125 Å². The fourth-order valence-electron chi connectivity index (χ4n) is 6.56. The number of phenolic OH excluding ortho intramolecular Hbond substituents is 1. The van der Waals surface area contributed by atoms with Gasteiger partial charge in [-0.15, -0.1) is 0 Å². The predicted molar refractivity (Wildman–Crippen MR) is 197 cm³/mol. The molecule has 0 aliphatic carbocycles. The van der Waals surface area contributed by atoms with Crippen LogP contribution in [-0.2, 0) is 25.6 Å². The van der Waals surface area contributed by atoms with Crippen molar-refractivity contribution in [1.82, 2.24) is 10.2 Å². The maximum atomic E-state index is 12.9. The van der Waals surface area contributed by atoms with Crippen molar-refractivity contribution in [1.29, 1.82) is 0 Å². The van der Waals surface area contributed by atoms with Crippen LogP contribution in [0.15, 0.2) is 97.1 Å². The van der Waals surface area contributed by atoms with Gasteiger partial charge in [0.05, 0.1) is 26.4 Å². The maximum Gasteiger partial charge on any atom is 0.255 e. The van der Waals surface area contributed by atoms with Gasteiger partial charge in [0.1, 0.15) is 29.9 Å². The molecule has 10 heteroatoms. The molecule has 4 aromatic carbocycles. The first kappa shape index (κ1) is 36.3. The van der Waals surface area contributed by atoms with Gasteiger partial charge < -0.3 is 29.0 Å². The summed E-state index contributed by atoms with van der Waals surface area (Å²) in [5.41, 5.74) is 6.98. The minimum Gasteiger partial charge on any atom is -0.508 e. The van der Waals surface area contributed by atoms with Crippen molar-refractivity contribution in [3.8, 4) is 17.2 Å². The number of fused-ring (bicyclic) bond motifs is 1. The number of hydrogen-bond acceptors (Lipinski definition) is 8. The summed E-state index contributed by atoms with van der Waals surface area (Å²) in [7, 11) is 0. The Kier molecular flexibility index (Phi) is 12.3. The van der Waals surface area contributed by atoms with Crippen molar-refractivity contribution in [2.75, 3.05) is 39.6 Å². The Bertz CT molecular complexity index is 1870. The molecule has 0 bridgehead atoms. The van der Waals surface area contributed by atoms with Crippen LogP contribution in [0.3, 0.4) is 0 Å². The SMILES string of the molecule is CCC(=C(c1ccc(O)cc1)c1ccc(OCCOCCOCCCOc2ccc3c(c2)CN(C2CCC(=O)NC2=O)C3=O)cc1)c1ccccc1. The van der Waals surface area contributed by atoms with E-state index in [1.807, 2.05) is 48.5 Å². The van der Waals surface area contributed by atoms with Crippen LogP contribution in [-0.4, -0.2) is 73.4 Å². The molecule has 6 rings (SSSR count). The Balaban J connectivity index is 0.876. The molecule has 3 amide bonds. The van der Waals surface area contributed by atoms with Crippen molar-refractivity contribution in [2.45, 2.75) is 45.2 Å². The number of ether oxygens (including phenoxy) is 4. The fourth-order valence-corrected chi connectivity index (χ4v) is 6.56. The Morgan fingerprint density at radius 2 is 1.40 bits per heavy atom. The van der Waals surface area contributed by atoms with Crippen LogP contribution in [0.4, 0.5) is 0 Å². The number of nitrogens with one attached hydrogen (secondary N) is 1. The van der Waals surface area contributed by atoms with Crippen molar-refractivity contribution >= 4 is 28.9 Å². The summed E-state index contributed by atoms with van der Waals surface area (Å²) in [5, 5.41) is 12.2.